The topological polar surface area (TPSA) is 78.5 Å². The number of anilines is 1. The van der Waals surface area contributed by atoms with Gasteiger partial charge in [-0.2, -0.15) is 0 Å². The van der Waals surface area contributed by atoms with Gasteiger partial charge in [-0.25, -0.2) is 8.42 Å². The number of likely N-dealkylation sites (tertiary alicyclic amines) is 1. The summed E-state index contributed by atoms with van der Waals surface area (Å²) in [5.74, 6) is 0.315. The zero-order valence-corrected chi connectivity index (χ0v) is 18.0. The van der Waals surface area contributed by atoms with Crippen molar-refractivity contribution in [2.75, 3.05) is 31.4 Å². The summed E-state index contributed by atoms with van der Waals surface area (Å²) >= 11 is 6.18. The van der Waals surface area contributed by atoms with Crippen LogP contribution in [-0.4, -0.2) is 45.9 Å². The maximum atomic E-state index is 12.6. The van der Waals surface area contributed by atoms with Gasteiger partial charge in [-0.05, 0) is 75.6 Å². The fourth-order valence-electron chi connectivity index (χ4n) is 3.41. The van der Waals surface area contributed by atoms with Gasteiger partial charge in [0.05, 0.1) is 15.5 Å². The lowest BCUT2D eigenvalue weighted by Gasteiger charge is -2.28. The Hall–Kier alpha value is -2.09. The number of piperidine rings is 1. The van der Waals surface area contributed by atoms with Crippen molar-refractivity contribution in [1.29, 1.82) is 0 Å². The molecular formula is C21H26ClN3O3S. The van der Waals surface area contributed by atoms with Crippen molar-refractivity contribution in [3.05, 3.63) is 59.1 Å². The lowest BCUT2D eigenvalue weighted by atomic mass is 9.94. The minimum absolute atomic E-state index is 0.152. The summed E-state index contributed by atoms with van der Waals surface area (Å²) in [6.45, 7) is 2.76. The molecule has 1 saturated heterocycles. The van der Waals surface area contributed by atoms with Gasteiger partial charge in [0.1, 0.15) is 0 Å². The summed E-state index contributed by atoms with van der Waals surface area (Å²) in [5.41, 5.74) is 0.544. The highest BCUT2D eigenvalue weighted by atomic mass is 35.5. The lowest BCUT2D eigenvalue weighted by Crippen LogP contribution is -2.32. The third-order valence-corrected chi connectivity index (χ3v) is 6.92. The Morgan fingerprint density at radius 2 is 1.83 bits per heavy atom. The summed E-state index contributed by atoms with van der Waals surface area (Å²) in [5, 5.41) is 3.19. The van der Waals surface area contributed by atoms with Crippen LogP contribution in [0.15, 0.2) is 53.4 Å². The van der Waals surface area contributed by atoms with Gasteiger partial charge in [0.15, 0.2) is 0 Å². The number of nitrogens with zero attached hydrogens (tertiary/aromatic N) is 1. The molecule has 1 aliphatic heterocycles. The van der Waals surface area contributed by atoms with Crippen LogP contribution >= 0.6 is 11.6 Å². The summed E-state index contributed by atoms with van der Waals surface area (Å²) in [4.78, 5) is 15.0. The summed E-state index contributed by atoms with van der Waals surface area (Å²) in [7, 11) is -1.61. The van der Waals surface area contributed by atoms with E-state index in [2.05, 4.69) is 22.0 Å². The molecule has 0 unspecified atom stereocenters. The molecule has 0 bridgehead atoms. The van der Waals surface area contributed by atoms with Gasteiger partial charge >= 0.3 is 0 Å². The van der Waals surface area contributed by atoms with E-state index < -0.39 is 10.0 Å². The molecule has 0 aromatic heterocycles. The monoisotopic (exact) mass is 435 g/mol. The molecule has 156 valence electrons. The Bertz CT molecular complexity index is 943. The molecule has 1 aliphatic rings. The fourth-order valence-corrected chi connectivity index (χ4v) is 4.69. The van der Waals surface area contributed by atoms with Gasteiger partial charge < -0.3 is 10.2 Å². The summed E-state index contributed by atoms with van der Waals surface area (Å²) in [6, 6.07) is 12.6. The van der Waals surface area contributed by atoms with Crippen LogP contribution in [0.5, 0.6) is 0 Å². The SMILES string of the molecule is CN1CCC(CCNC(=O)c2cc(NS(=O)(=O)c3ccccc3)ccc2Cl)CC1. The molecule has 1 heterocycles. The molecule has 0 atom stereocenters. The second kappa shape index (κ2) is 9.61. The molecule has 1 amide bonds. The first kappa shape index (κ1) is 21.6. The Morgan fingerprint density at radius 1 is 1.14 bits per heavy atom. The van der Waals surface area contributed by atoms with Crippen LogP contribution < -0.4 is 10.0 Å². The van der Waals surface area contributed by atoms with E-state index in [0.29, 0.717) is 18.2 Å². The highest BCUT2D eigenvalue weighted by Gasteiger charge is 2.18. The average Bonchev–Trinajstić information content (AvgIpc) is 2.71. The van der Waals surface area contributed by atoms with Gasteiger partial charge in [-0.1, -0.05) is 29.8 Å². The van der Waals surface area contributed by atoms with Gasteiger partial charge in [0, 0.05) is 12.2 Å². The number of amides is 1. The third kappa shape index (κ3) is 5.95. The molecule has 2 aromatic rings. The predicted octanol–water partition coefficient (Wildman–Crippen LogP) is 3.60. The number of carbonyl (C=O) groups excluding carboxylic acids is 1. The Kier molecular flexibility index (Phi) is 7.16. The number of rotatable bonds is 7. The molecule has 29 heavy (non-hydrogen) atoms. The molecule has 8 heteroatoms. The molecule has 3 rings (SSSR count). The second-order valence-electron chi connectivity index (χ2n) is 7.40. The minimum atomic E-state index is -3.73. The highest BCUT2D eigenvalue weighted by Crippen LogP contribution is 2.23. The minimum Gasteiger partial charge on any atom is -0.352 e. The quantitative estimate of drug-likeness (QED) is 0.696. The van der Waals surface area contributed by atoms with Crippen molar-refractivity contribution in [3.63, 3.8) is 0 Å². The third-order valence-electron chi connectivity index (χ3n) is 5.19. The van der Waals surface area contributed by atoms with E-state index >= 15 is 0 Å². The average molecular weight is 436 g/mol. The number of carbonyl (C=O) groups is 1. The normalized spacial score (nSPS) is 15.8. The van der Waals surface area contributed by atoms with Crippen molar-refractivity contribution < 1.29 is 13.2 Å². The Balaban J connectivity index is 1.62. The number of hydrogen-bond acceptors (Lipinski definition) is 4. The lowest BCUT2D eigenvalue weighted by molar-refractivity contribution is 0.0949. The largest absolute Gasteiger partial charge is 0.352 e. The highest BCUT2D eigenvalue weighted by molar-refractivity contribution is 7.92. The van der Waals surface area contributed by atoms with Crippen molar-refractivity contribution in [1.82, 2.24) is 10.2 Å². The van der Waals surface area contributed by atoms with Gasteiger partial charge in [-0.15, -0.1) is 0 Å². The first-order valence-electron chi connectivity index (χ1n) is 9.69. The summed E-state index contributed by atoms with van der Waals surface area (Å²) < 4.78 is 27.5. The number of nitrogens with one attached hydrogen (secondary N) is 2. The van der Waals surface area contributed by atoms with Crippen molar-refractivity contribution in [3.8, 4) is 0 Å². The number of benzene rings is 2. The van der Waals surface area contributed by atoms with Crippen LogP contribution in [0.4, 0.5) is 5.69 Å². The van der Waals surface area contributed by atoms with Crippen LogP contribution in [-0.2, 0) is 10.0 Å². The van der Waals surface area contributed by atoms with Crippen molar-refractivity contribution in [2.24, 2.45) is 5.92 Å². The Morgan fingerprint density at radius 3 is 2.52 bits per heavy atom. The number of halogens is 1. The van der Waals surface area contributed by atoms with E-state index in [-0.39, 0.29) is 21.4 Å². The molecule has 2 N–H and O–H groups in total. The van der Waals surface area contributed by atoms with Crippen molar-refractivity contribution in [2.45, 2.75) is 24.2 Å². The first-order chi connectivity index (χ1) is 13.8. The molecular weight excluding hydrogens is 410 g/mol. The maximum Gasteiger partial charge on any atom is 0.261 e. The predicted molar refractivity (Wildman–Crippen MR) is 116 cm³/mol. The van der Waals surface area contributed by atoms with Crippen LogP contribution in [0.3, 0.4) is 0 Å². The van der Waals surface area contributed by atoms with Gasteiger partial charge in [-0.3, -0.25) is 9.52 Å². The molecule has 6 nitrogen and oxygen atoms in total. The standard InChI is InChI=1S/C21H26ClN3O3S/c1-25-13-10-16(11-14-25)9-12-23-21(26)19-15-17(7-8-20(19)22)24-29(27,28)18-5-3-2-4-6-18/h2-8,15-16,24H,9-14H2,1H3,(H,23,26). The van der Waals surface area contributed by atoms with E-state index in [1.807, 2.05) is 0 Å². The van der Waals surface area contributed by atoms with E-state index in [0.717, 1.165) is 32.4 Å². The number of sulfonamides is 1. The molecule has 0 aliphatic carbocycles. The smallest absolute Gasteiger partial charge is 0.261 e. The zero-order valence-electron chi connectivity index (χ0n) is 16.4. The molecule has 1 fully saturated rings. The van der Waals surface area contributed by atoms with Gasteiger partial charge in [0.2, 0.25) is 0 Å². The van der Waals surface area contributed by atoms with E-state index in [1.165, 1.54) is 30.3 Å². The second-order valence-corrected chi connectivity index (χ2v) is 9.49. The van der Waals surface area contributed by atoms with E-state index in [1.54, 1.807) is 18.2 Å². The Labute approximate surface area is 177 Å². The van der Waals surface area contributed by atoms with Crippen LogP contribution in [0.2, 0.25) is 5.02 Å². The number of hydrogen-bond donors (Lipinski definition) is 2. The van der Waals surface area contributed by atoms with E-state index in [4.69, 9.17) is 11.6 Å². The molecule has 2 aromatic carbocycles. The maximum absolute atomic E-state index is 12.6. The van der Waals surface area contributed by atoms with Crippen molar-refractivity contribution >= 4 is 33.2 Å². The van der Waals surface area contributed by atoms with Crippen LogP contribution in [0.1, 0.15) is 29.6 Å². The molecule has 0 saturated carbocycles. The van der Waals surface area contributed by atoms with Crippen LogP contribution in [0, 0.1) is 5.92 Å². The molecule has 0 spiro atoms. The fraction of sp³-hybridized carbons (Fsp3) is 0.381. The first-order valence-corrected chi connectivity index (χ1v) is 11.6. The zero-order chi connectivity index (χ0) is 20.9. The van der Waals surface area contributed by atoms with Gasteiger partial charge in [0.25, 0.3) is 15.9 Å². The van der Waals surface area contributed by atoms with E-state index in [9.17, 15) is 13.2 Å². The summed E-state index contributed by atoms with van der Waals surface area (Å²) in [6.07, 6.45) is 3.21. The van der Waals surface area contributed by atoms with Crippen LogP contribution in [0.25, 0.3) is 0 Å². The molecule has 0 radical (unpaired) electrons.